The molecule has 0 nitrogen and oxygen atoms in total. The number of aryl methyl sites for hydroxylation is 4. The number of hydrogen-bond acceptors (Lipinski definition) is 0. The van der Waals surface area contributed by atoms with Gasteiger partial charge in [-0.05, 0) is 128 Å². The van der Waals surface area contributed by atoms with E-state index in [2.05, 4.69) is 137 Å². The number of hydrogen-bond donors (Lipinski definition) is 0. The Morgan fingerprint density at radius 2 is 1.02 bits per heavy atom. The van der Waals surface area contributed by atoms with E-state index in [9.17, 15) is 0 Å². The summed E-state index contributed by atoms with van der Waals surface area (Å²) >= 11 is 0. The molecule has 0 N–H and O–H groups in total. The van der Waals surface area contributed by atoms with Crippen LogP contribution in [0.4, 0.5) is 0 Å². The lowest BCUT2D eigenvalue weighted by molar-refractivity contribution is 1.38. The summed E-state index contributed by atoms with van der Waals surface area (Å²) in [5, 5.41) is 8.07. The fourth-order valence-electron chi connectivity index (χ4n) is 7.12. The highest BCUT2D eigenvalue weighted by Gasteiger charge is 2.27. The molecule has 0 aromatic heterocycles. The van der Waals surface area contributed by atoms with Crippen LogP contribution in [0.5, 0.6) is 0 Å². The van der Waals surface area contributed by atoms with Crippen molar-refractivity contribution in [3.63, 3.8) is 0 Å². The van der Waals surface area contributed by atoms with Crippen LogP contribution in [0, 0.1) is 27.7 Å². The lowest BCUT2D eigenvalue weighted by Gasteiger charge is -2.16. The van der Waals surface area contributed by atoms with Gasteiger partial charge in [-0.15, -0.1) is 0 Å². The van der Waals surface area contributed by atoms with Gasteiger partial charge in [-0.1, -0.05) is 108 Å². The van der Waals surface area contributed by atoms with E-state index in [0.29, 0.717) is 0 Å². The Bertz CT molecular complexity index is 2160. The van der Waals surface area contributed by atoms with Gasteiger partial charge in [0.1, 0.15) is 0 Å². The Morgan fingerprint density at radius 1 is 0.350 bits per heavy atom. The molecule has 0 fully saturated rings. The summed E-state index contributed by atoms with van der Waals surface area (Å²) in [6.07, 6.45) is 0. The zero-order valence-electron chi connectivity index (χ0n) is 23.4. The van der Waals surface area contributed by atoms with Crippen molar-refractivity contribution in [3.8, 4) is 44.5 Å². The molecule has 0 heterocycles. The van der Waals surface area contributed by atoms with Crippen molar-refractivity contribution in [3.05, 3.63) is 131 Å². The molecule has 0 amide bonds. The molecule has 1 aliphatic rings. The number of rotatable bonds is 2. The zero-order valence-corrected chi connectivity index (χ0v) is 23.4. The highest BCUT2D eigenvalue weighted by molar-refractivity contribution is 6.29. The number of benzene rings is 7. The van der Waals surface area contributed by atoms with Crippen LogP contribution in [-0.4, -0.2) is 0 Å². The Hall–Kier alpha value is -4.68. The molecule has 0 spiro atoms. The van der Waals surface area contributed by atoms with Crippen LogP contribution in [0.1, 0.15) is 22.3 Å². The van der Waals surface area contributed by atoms with Crippen molar-refractivity contribution in [1.82, 2.24) is 0 Å². The van der Waals surface area contributed by atoms with E-state index < -0.39 is 0 Å². The summed E-state index contributed by atoms with van der Waals surface area (Å²) in [7, 11) is 0. The largest absolute Gasteiger partial charge is 0.0622 e. The highest BCUT2D eigenvalue weighted by Crippen LogP contribution is 2.53. The van der Waals surface area contributed by atoms with Gasteiger partial charge < -0.3 is 0 Å². The molecule has 7 aromatic rings. The van der Waals surface area contributed by atoms with Crippen molar-refractivity contribution < 1.29 is 0 Å². The van der Waals surface area contributed by atoms with Crippen LogP contribution in [0.2, 0.25) is 0 Å². The Kier molecular flexibility index (Phi) is 4.88. The molecule has 0 atom stereocenters. The third-order valence-corrected chi connectivity index (χ3v) is 8.92. The third-order valence-electron chi connectivity index (χ3n) is 8.92. The minimum Gasteiger partial charge on any atom is -0.0622 e. The smallest absolute Gasteiger partial charge is 0.00171 e. The maximum Gasteiger partial charge on any atom is -0.00171 e. The first-order chi connectivity index (χ1) is 19.5. The second kappa shape index (κ2) is 8.41. The van der Waals surface area contributed by atoms with Gasteiger partial charge in [0.15, 0.2) is 0 Å². The summed E-state index contributed by atoms with van der Waals surface area (Å²) < 4.78 is 0. The maximum atomic E-state index is 2.48. The summed E-state index contributed by atoms with van der Waals surface area (Å²) in [4.78, 5) is 0. The first-order valence-electron chi connectivity index (χ1n) is 14.2. The average Bonchev–Trinajstić information content (AvgIpc) is 3.30. The molecular weight excluding hydrogens is 480 g/mol. The van der Waals surface area contributed by atoms with Crippen molar-refractivity contribution in [1.29, 1.82) is 0 Å². The first-order valence-corrected chi connectivity index (χ1v) is 14.2. The van der Waals surface area contributed by atoms with E-state index in [-0.39, 0.29) is 0 Å². The van der Waals surface area contributed by atoms with Crippen LogP contribution in [0.15, 0.2) is 109 Å². The fourth-order valence-corrected chi connectivity index (χ4v) is 7.12. The molecule has 0 bridgehead atoms. The Balaban J connectivity index is 1.46. The van der Waals surface area contributed by atoms with E-state index in [1.807, 2.05) is 0 Å². The molecule has 190 valence electrons. The van der Waals surface area contributed by atoms with Crippen LogP contribution in [0.3, 0.4) is 0 Å². The van der Waals surface area contributed by atoms with Crippen LogP contribution >= 0.6 is 0 Å². The molecule has 0 saturated heterocycles. The van der Waals surface area contributed by atoms with Crippen LogP contribution in [-0.2, 0) is 0 Å². The molecule has 40 heavy (non-hydrogen) atoms. The quantitative estimate of drug-likeness (QED) is 0.203. The predicted molar refractivity (Wildman–Crippen MR) is 173 cm³/mol. The average molecular weight is 511 g/mol. The summed E-state index contributed by atoms with van der Waals surface area (Å²) in [6, 6.07) is 41.0. The van der Waals surface area contributed by atoms with Crippen molar-refractivity contribution in [2.24, 2.45) is 0 Å². The van der Waals surface area contributed by atoms with E-state index in [1.165, 1.54) is 99.1 Å². The fraction of sp³-hybridized carbons (Fsp3) is 0.100. The molecule has 1 aliphatic carbocycles. The van der Waals surface area contributed by atoms with Crippen molar-refractivity contribution in [2.45, 2.75) is 27.7 Å². The highest BCUT2D eigenvalue weighted by atomic mass is 14.3. The normalized spacial score (nSPS) is 12.0. The van der Waals surface area contributed by atoms with Gasteiger partial charge in [0, 0.05) is 0 Å². The Labute approximate surface area is 235 Å². The van der Waals surface area contributed by atoms with Gasteiger partial charge in [0.2, 0.25) is 0 Å². The SMILES string of the molecule is Cc1cc(C)c2c(c1)-c1cc3c4ccc(C)cc4c(-c4ccc(-c5ccccc5)cc4)cc3c3ccc(C)c-2c13. The Morgan fingerprint density at radius 3 is 1.82 bits per heavy atom. The lowest BCUT2D eigenvalue weighted by atomic mass is 9.87. The van der Waals surface area contributed by atoms with Gasteiger partial charge >= 0.3 is 0 Å². The second-order valence-corrected chi connectivity index (χ2v) is 11.6. The number of fused-ring (bicyclic) bond motifs is 7. The molecule has 0 unspecified atom stereocenters. The topological polar surface area (TPSA) is 0 Å². The predicted octanol–water partition coefficient (Wildman–Crippen LogP) is 11.4. The van der Waals surface area contributed by atoms with Crippen molar-refractivity contribution >= 4 is 32.3 Å². The summed E-state index contributed by atoms with van der Waals surface area (Å²) in [5.41, 5.74) is 16.0. The maximum absolute atomic E-state index is 2.48. The lowest BCUT2D eigenvalue weighted by Crippen LogP contribution is -1.89. The summed E-state index contributed by atoms with van der Waals surface area (Å²) in [5.74, 6) is 0. The van der Waals surface area contributed by atoms with Gasteiger partial charge in [-0.3, -0.25) is 0 Å². The van der Waals surface area contributed by atoms with Gasteiger partial charge in [0.05, 0.1) is 0 Å². The molecule has 0 heteroatoms. The van der Waals surface area contributed by atoms with E-state index in [1.54, 1.807) is 0 Å². The zero-order chi connectivity index (χ0) is 27.1. The molecule has 0 radical (unpaired) electrons. The molecule has 0 aliphatic heterocycles. The first kappa shape index (κ1) is 23.2. The van der Waals surface area contributed by atoms with Crippen LogP contribution in [0.25, 0.3) is 76.8 Å². The standard InChI is InChI=1S/C40H30/c1-23-10-16-30-33(19-23)32(29-14-12-28(13-15-29)27-8-6-5-7-9-27)21-35-31-17-11-25(3)39-38-26(4)18-24(2)20-36(38)37(40(31)39)22-34(30)35/h5-22H,1-4H3. The van der Waals surface area contributed by atoms with Crippen LogP contribution < -0.4 is 0 Å². The summed E-state index contributed by atoms with van der Waals surface area (Å²) in [6.45, 7) is 8.95. The van der Waals surface area contributed by atoms with Gasteiger partial charge in [-0.2, -0.15) is 0 Å². The molecule has 0 saturated carbocycles. The van der Waals surface area contributed by atoms with Crippen molar-refractivity contribution in [2.75, 3.05) is 0 Å². The van der Waals surface area contributed by atoms with Gasteiger partial charge in [-0.25, -0.2) is 0 Å². The third kappa shape index (κ3) is 3.26. The molecule has 8 rings (SSSR count). The minimum absolute atomic E-state index is 1.25. The second-order valence-electron chi connectivity index (χ2n) is 11.6. The van der Waals surface area contributed by atoms with E-state index in [4.69, 9.17) is 0 Å². The monoisotopic (exact) mass is 510 g/mol. The van der Waals surface area contributed by atoms with E-state index >= 15 is 0 Å². The molecule has 7 aromatic carbocycles. The molecular formula is C40H30. The van der Waals surface area contributed by atoms with Gasteiger partial charge in [0.25, 0.3) is 0 Å². The van der Waals surface area contributed by atoms with E-state index in [0.717, 1.165) is 0 Å². The minimum atomic E-state index is 1.25.